The first-order valence-corrected chi connectivity index (χ1v) is 9.26. The van der Waals surface area contributed by atoms with Gasteiger partial charge < -0.3 is 14.2 Å². The fourth-order valence-corrected chi connectivity index (χ4v) is 3.74. The average molecular weight is 342 g/mol. The lowest BCUT2D eigenvalue weighted by atomic mass is 10.0. The van der Waals surface area contributed by atoms with Gasteiger partial charge in [-0.2, -0.15) is 0 Å². The number of likely N-dealkylation sites (tertiary alicyclic amines) is 1. The Balaban J connectivity index is 1.25. The number of carbonyl (C=O) groups excluding carboxylic acids is 1. The summed E-state index contributed by atoms with van der Waals surface area (Å²) in [4.78, 5) is 14.7. The molecule has 2 aromatic heterocycles. The monoisotopic (exact) mass is 342 g/mol. The van der Waals surface area contributed by atoms with Crippen LogP contribution in [-0.4, -0.2) is 29.9 Å². The molecule has 4 rings (SSSR count). The molecule has 1 saturated carbocycles. The molecule has 1 amide bonds. The molecular weight excluding hydrogens is 316 g/mol. The third kappa shape index (κ3) is 3.66. The first kappa shape index (κ1) is 16.5. The summed E-state index contributed by atoms with van der Waals surface area (Å²) in [6.45, 7) is 6.91. The summed E-state index contributed by atoms with van der Waals surface area (Å²) in [5, 5.41) is 3.13. The molecule has 1 aliphatic carbocycles. The van der Waals surface area contributed by atoms with Crippen LogP contribution in [-0.2, 0) is 6.54 Å². The van der Waals surface area contributed by atoms with Crippen LogP contribution in [0.2, 0.25) is 0 Å². The lowest BCUT2D eigenvalue weighted by Crippen LogP contribution is -2.44. The van der Waals surface area contributed by atoms with Crippen LogP contribution in [0.1, 0.15) is 59.7 Å². The first-order valence-electron chi connectivity index (χ1n) is 9.26. The van der Waals surface area contributed by atoms with E-state index in [-0.39, 0.29) is 11.9 Å². The van der Waals surface area contributed by atoms with Crippen LogP contribution in [0.4, 0.5) is 0 Å². The molecule has 0 radical (unpaired) electrons. The van der Waals surface area contributed by atoms with Crippen molar-refractivity contribution < 1.29 is 13.6 Å². The molecule has 2 fully saturated rings. The molecule has 5 heteroatoms. The second-order valence-corrected chi connectivity index (χ2v) is 7.54. The number of nitrogens with zero attached hydrogens (tertiary/aromatic N) is 1. The number of piperidine rings is 1. The fraction of sp³-hybridized carbons (Fsp3) is 0.550. The number of hydrogen-bond donors (Lipinski definition) is 1. The number of aryl methyl sites for hydroxylation is 1. The van der Waals surface area contributed by atoms with Gasteiger partial charge in [-0.3, -0.25) is 9.69 Å². The van der Waals surface area contributed by atoms with Crippen LogP contribution in [0, 0.1) is 12.8 Å². The Kier molecular flexibility index (Phi) is 4.42. The van der Waals surface area contributed by atoms with E-state index in [0.717, 1.165) is 49.9 Å². The van der Waals surface area contributed by atoms with Crippen molar-refractivity contribution in [2.75, 3.05) is 13.1 Å². The van der Waals surface area contributed by atoms with E-state index in [0.29, 0.717) is 17.2 Å². The molecule has 1 aliphatic heterocycles. The molecule has 134 valence electrons. The predicted molar refractivity (Wildman–Crippen MR) is 94.4 cm³/mol. The van der Waals surface area contributed by atoms with Gasteiger partial charge in [-0.25, -0.2) is 0 Å². The van der Waals surface area contributed by atoms with Gasteiger partial charge in [0.15, 0.2) is 0 Å². The highest BCUT2D eigenvalue weighted by Crippen LogP contribution is 2.47. The van der Waals surface area contributed by atoms with Crippen LogP contribution < -0.4 is 5.32 Å². The smallest absolute Gasteiger partial charge is 0.255 e. The van der Waals surface area contributed by atoms with E-state index >= 15 is 0 Å². The second kappa shape index (κ2) is 6.71. The highest BCUT2D eigenvalue weighted by atomic mass is 16.3. The maximum atomic E-state index is 12.3. The maximum Gasteiger partial charge on any atom is 0.255 e. The molecule has 1 saturated heterocycles. The van der Waals surface area contributed by atoms with Crippen LogP contribution in [0.15, 0.2) is 33.3 Å². The Hall–Kier alpha value is -2.01. The summed E-state index contributed by atoms with van der Waals surface area (Å²) in [7, 11) is 0. The van der Waals surface area contributed by atoms with Crippen LogP contribution in [0.3, 0.4) is 0 Å². The van der Waals surface area contributed by atoms with Crippen LogP contribution in [0.5, 0.6) is 0 Å². The van der Waals surface area contributed by atoms with Crippen molar-refractivity contribution >= 4 is 5.91 Å². The zero-order chi connectivity index (χ0) is 17.4. The number of furan rings is 2. The predicted octanol–water partition coefficient (Wildman–Crippen LogP) is 3.70. The normalized spacial score (nSPS) is 24.4. The quantitative estimate of drug-likeness (QED) is 0.900. The number of nitrogens with one attached hydrogen (secondary N) is 1. The van der Waals surface area contributed by atoms with Gasteiger partial charge in [-0.05, 0) is 50.3 Å². The molecular formula is C20H26N2O3. The summed E-state index contributed by atoms with van der Waals surface area (Å²) in [6, 6.07) is 6.23. The second-order valence-electron chi connectivity index (χ2n) is 7.54. The Morgan fingerprint density at radius 1 is 1.28 bits per heavy atom. The van der Waals surface area contributed by atoms with Gasteiger partial charge in [-0.1, -0.05) is 6.92 Å². The molecule has 0 aromatic carbocycles. The van der Waals surface area contributed by atoms with Crippen molar-refractivity contribution in [3.05, 3.63) is 47.3 Å². The van der Waals surface area contributed by atoms with Crippen LogP contribution in [0.25, 0.3) is 0 Å². The van der Waals surface area contributed by atoms with E-state index in [2.05, 4.69) is 29.3 Å². The summed E-state index contributed by atoms with van der Waals surface area (Å²) in [5.41, 5.74) is 0.639. The molecule has 25 heavy (non-hydrogen) atoms. The highest BCUT2D eigenvalue weighted by molar-refractivity contribution is 5.95. The SMILES string of the molecule is Cc1occc1C(=O)NC1CCN(Cc2ccc([C@@H]3C[C@@H]3C)o2)CC1. The molecule has 1 N–H and O–H groups in total. The van der Waals surface area contributed by atoms with Crippen LogP contribution >= 0.6 is 0 Å². The Bertz CT molecular complexity index is 740. The molecule has 5 nitrogen and oxygen atoms in total. The minimum Gasteiger partial charge on any atom is -0.469 e. The summed E-state index contributed by atoms with van der Waals surface area (Å²) in [6.07, 6.45) is 4.76. The number of carbonyl (C=O) groups is 1. The van der Waals surface area contributed by atoms with Crippen molar-refractivity contribution in [3.8, 4) is 0 Å². The van der Waals surface area contributed by atoms with Crippen molar-refractivity contribution in [1.29, 1.82) is 0 Å². The Morgan fingerprint density at radius 2 is 2.04 bits per heavy atom. The summed E-state index contributed by atoms with van der Waals surface area (Å²) in [5.74, 6) is 4.27. The number of rotatable bonds is 5. The Morgan fingerprint density at radius 3 is 2.68 bits per heavy atom. The van der Waals surface area contributed by atoms with E-state index in [1.807, 2.05) is 6.92 Å². The van der Waals surface area contributed by atoms with Gasteiger partial charge in [0.05, 0.1) is 18.4 Å². The molecule has 0 bridgehead atoms. The molecule has 2 aliphatic rings. The molecule has 2 atom stereocenters. The van der Waals surface area contributed by atoms with E-state index in [4.69, 9.17) is 8.83 Å². The topological polar surface area (TPSA) is 58.6 Å². The zero-order valence-electron chi connectivity index (χ0n) is 15.0. The third-order valence-corrected chi connectivity index (χ3v) is 5.56. The molecule has 0 spiro atoms. The van der Waals surface area contributed by atoms with Gasteiger partial charge in [0, 0.05) is 25.0 Å². The van der Waals surface area contributed by atoms with Gasteiger partial charge in [0.2, 0.25) is 0 Å². The minimum atomic E-state index is -0.0288. The number of hydrogen-bond acceptors (Lipinski definition) is 4. The zero-order valence-corrected chi connectivity index (χ0v) is 15.0. The summed E-state index contributed by atoms with van der Waals surface area (Å²) < 4.78 is 11.2. The van der Waals surface area contributed by atoms with Gasteiger partial charge in [-0.15, -0.1) is 0 Å². The van der Waals surface area contributed by atoms with Crippen molar-refractivity contribution in [2.24, 2.45) is 5.92 Å². The van der Waals surface area contributed by atoms with E-state index in [1.165, 1.54) is 6.42 Å². The first-order chi connectivity index (χ1) is 12.1. The fourth-order valence-electron chi connectivity index (χ4n) is 3.74. The lowest BCUT2D eigenvalue weighted by Gasteiger charge is -2.31. The lowest BCUT2D eigenvalue weighted by molar-refractivity contribution is 0.0904. The number of amides is 1. The Labute approximate surface area is 148 Å². The molecule has 0 unspecified atom stereocenters. The third-order valence-electron chi connectivity index (χ3n) is 5.56. The summed E-state index contributed by atoms with van der Waals surface area (Å²) >= 11 is 0. The van der Waals surface area contributed by atoms with Crippen molar-refractivity contribution in [2.45, 2.75) is 51.6 Å². The maximum absolute atomic E-state index is 12.3. The largest absolute Gasteiger partial charge is 0.469 e. The standard InChI is InChI=1S/C20H26N2O3/c1-13-11-18(13)19-4-3-16(25-19)12-22-8-5-15(6-9-22)21-20(23)17-7-10-24-14(17)2/h3-4,7,10,13,15,18H,5-6,8-9,11-12H2,1-2H3,(H,21,23)/t13-,18+/m0/s1. The van der Waals surface area contributed by atoms with Crippen molar-refractivity contribution in [3.63, 3.8) is 0 Å². The van der Waals surface area contributed by atoms with E-state index in [1.54, 1.807) is 12.3 Å². The molecule has 3 heterocycles. The van der Waals surface area contributed by atoms with Gasteiger partial charge >= 0.3 is 0 Å². The van der Waals surface area contributed by atoms with Gasteiger partial charge in [0.1, 0.15) is 17.3 Å². The minimum absolute atomic E-state index is 0.0288. The molecule has 2 aromatic rings. The van der Waals surface area contributed by atoms with E-state index in [9.17, 15) is 4.79 Å². The van der Waals surface area contributed by atoms with Gasteiger partial charge in [0.25, 0.3) is 5.91 Å². The highest BCUT2D eigenvalue weighted by Gasteiger charge is 2.36. The van der Waals surface area contributed by atoms with E-state index < -0.39 is 0 Å². The average Bonchev–Trinajstić information content (AvgIpc) is 2.98. The van der Waals surface area contributed by atoms with Crippen molar-refractivity contribution in [1.82, 2.24) is 10.2 Å².